The molecule has 0 aliphatic heterocycles. The van der Waals surface area contributed by atoms with Gasteiger partial charge in [0.15, 0.2) is 0 Å². The van der Waals surface area contributed by atoms with E-state index in [-0.39, 0.29) is 18.2 Å². The number of carbonyl (C=O) groups excluding carboxylic acids is 2. The highest BCUT2D eigenvalue weighted by Crippen LogP contribution is 2.25. The average Bonchev–Trinajstić information content (AvgIpc) is 2.80. The molecule has 4 nitrogen and oxygen atoms in total. The zero-order chi connectivity index (χ0) is 22.9. The first-order valence-corrected chi connectivity index (χ1v) is 11.2. The second kappa shape index (κ2) is 11.5. The molecule has 0 aliphatic carbocycles. The Bertz CT molecular complexity index is 1000. The molecule has 166 valence electrons. The summed E-state index contributed by atoms with van der Waals surface area (Å²) in [6, 6.07) is 25.7. The lowest BCUT2D eigenvalue weighted by Gasteiger charge is -2.32. The molecule has 1 unspecified atom stereocenters. The van der Waals surface area contributed by atoms with E-state index in [4.69, 9.17) is 11.6 Å². The van der Waals surface area contributed by atoms with Crippen LogP contribution in [0.3, 0.4) is 0 Å². The van der Waals surface area contributed by atoms with Gasteiger partial charge in [0.1, 0.15) is 6.04 Å². The molecule has 0 spiro atoms. The molecule has 1 atom stereocenters. The number of nitrogens with zero attached hydrogens (tertiary/aromatic N) is 1. The van der Waals surface area contributed by atoms with Crippen molar-refractivity contribution in [3.05, 3.63) is 107 Å². The standard InChI is InChI=1S/C27H29ClN2O2/c1-20(2)18-29-27(32)26(23-11-7-4-8-12-23)30(19-22-13-15-24(28)16-14-22)25(31)17-21-9-5-3-6-10-21/h3-16,20,26H,17-19H2,1-2H3,(H,29,32). The lowest BCUT2D eigenvalue weighted by atomic mass is 10.0. The Morgan fingerprint density at radius 2 is 1.44 bits per heavy atom. The predicted molar refractivity (Wildman–Crippen MR) is 129 cm³/mol. The first-order valence-electron chi connectivity index (χ1n) is 10.8. The van der Waals surface area contributed by atoms with E-state index in [2.05, 4.69) is 5.32 Å². The molecular weight excluding hydrogens is 420 g/mol. The molecule has 0 radical (unpaired) electrons. The minimum Gasteiger partial charge on any atom is -0.354 e. The van der Waals surface area contributed by atoms with E-state index in [1.807, 2.05) is 86.6 Å². The molecule has 1 N–H and O–H groups in total. The second-order valence-corrected chi connectivity index (χ2v) is 8.70. The molecule has 0 bridgehead atoms. The van der Waals surface area contributed by atoms with Crippen molar-refractivity contribution in [1.29, 1.82) is 0 Å². The molecule has 3 aromatic carbocycles. The van der Waals surface area contributed by atoms with Crippen LogP contribution in [-0.2, 0) is 22.6 Å². The molecule has 2 amide bonds. The van der Waals surface area contributed by atoms with Gasteiger partial charge < -0.3 is 10.2 Å². The molecule has 0 saturated heterocycles. The van der Waals surface area contributed by atoms with Gasteiger partial charge in [-0.15, -0.1) is 0 Å². The smallest absolute Gasteiger partial charge is 0.247 e. The first-order chi connectivity index (χ1) is 15.4. The summed E-state index contributed by atoms with van der Waals surface area (Å²) in [7, 11) is 0. The van der Waals surface area contributed by atoms with Crippen LogP contribution in [0.2, 0.25) is 5.02 Å². The average molecular weight is 449 g/mol. The fourth-order valence-corrected chi connectivity index (χ4v) is 3.62. The van der Waals surface area contributed by atoms with Gasteiger partial charge in [-0.2, -0.15) is 0 Å². The lowest BCUT2D eigenvalue weighted by molar-refractivity contribution is -0.141. The Labute approximate surface area is 195 Å². The normalized spacial score (nSPS) is 11.8. The number of benzene rings is 3. The molecule has 3 rings (SSSR count). The van der Waals surface area contributed by atoms with Crippen molar-refractivity contribution >= 4 is 23.4 Å². The van der Waals surface area contributed by atoms with Crippen molar-refractivity contribution < 1.29 is 9.59 Å². The Balaban J connectivity index is 1.97. The number of halogens is 1. The SMILES string of the molecule is CC(C)CNC(=O)C(c1ccccc1)N(Cc1ccc(Cl)cc1)C(=O)Cc1ccccc1. The van der Waals surface area contributed by atoms with Gasteiger partial charge in [-0.25, -0.2) is 0 Å². The highest BCUT2D eigenvalue weighted by molar-refractivity contribution is 6.30. The fraction of sp³-hybridized carbons (Fsp3) is 0.259. The third-order valence-corrected chi connectivity index (χ3v) is 5.40. The molecule has 0 heterocycles. The Hall–Kier alpha value is -3.11. The summed E-state index contributed by atoms with van der Waals surface area (Å²) >= 11 is 6.05. The highest BCUT2D eigenvalue weighted by Gasteiger charge is 2.31. The fourth-order valence-electron chi connectivity index (χ4n) is 3.49. The maximum Gasteiger partial charge on any atom is 0.247 e. The number of amides is 2. The van der Waals surface area contributed by atoms with Gasteiger partial charge in [0.05, 0.1) is 6.42 Å². The van der Waals surface area contributed by atoms with Crippen LogP contribution in [0, 0.1) is 5.92 Å². The van der Waals surface area contributed by atoms with Gasteiger partial charge >= 0.3 is 0 Å². The van der Waals surface area contributed by atoms with Gasteiger partial charge in [-0.05, 0) is 34.7 Å². The molecular formula is C27H29ClN2O2. The Morgan fingerprint density at radius 1 is 0.844 bits per heavy atom. The molecule has 32 heavy (non-hydrogen) atoms. The van der Waals surface area contributed by atoms with Gasteiger partial charge in [0.2, 0.25) is 11.8 Å². The van der Waals surface area contributed by atoms with Crippen LogP contribution in [0.5, 0.6) is 0 Å². The largest absolute Gasteiger partial charge is 0.354 e. The molecule has 0 fully saturated rings. The van der Waals surface area contributed by atoms with E-state index >= 15 is 0 Å². The van der Waals surface area contributed by atoms with Crippen LogP contribution < -0.4 is 5.32 Å². The van der Waals surface area contributed by atoms with Crippen molar-refractivity contribution in [3.63, 3.8) is 0 Å². The van der Waals surface area contributed by atoms with Crippen LogP contribution in [0.4, 0.5) is 0 Å². The number of hydrogen-bond acceptors (Lipinski definition) is 2. The molecule has 0 aromatic heterocycles. The van der Waals surface area contributed by atoms with E-state index in [1.54, 1.807) is 17.0 Å². The summed E-state index contributed by atoms with van der Waals surface area (Å²) < 4.78 is 0. The first kappa shape index (κ1) is 23.6. The summed E-state index contributed by atoms with van der Waals surface area (Å²) in [6.07, 6.45) is 0.217. The maximum atomic E-state index is 13.6. The van der Waals surface area contributed by atoms with E-state index in [0.29, 0.717) is 24.0 Å². The Kier molecular flexibility index (Phi) is 8.46. The highest BCUT2D eigenvalue weighted by atomic mass is 35.5. The van der Waals surface area contributed by atoms with E-state index in [9.17, 15) is 9.59 Å². The minimum absolute atomic E-state index is 0.111. The molecule has 0 aliphatic rings. The van der Waals surface area contributed by atoms with Crippen molar-refractivity contribution in [3.8, 4) is 0 Å². The third kappa shape index (κ3) is 6.69. The monoisotopic (exact) mass is 448 g/mol. The second-order valence-electron chi connectivity index (χ2n) is 8.26. The summed E-state index contributed by atoms with van der Waals surface area (Å²) in [5, 5.41) is 3.65. The van der Waals surface area contributed by atoms with Gasteiger partial charge in [0.25, 0.3) is 0 Å². The van der Waals surface area contributed by atoms with Crippen molar-refractivity contribution in [2.45, 2.75) is 32.9 Å². The number of carbonyl (C=O) groups is 2. The number of nitrogens with one attached hydrogen (secondary N) is 1. The van der Waals surface area contributed by atoms with Crippen molar-refractivity contribution in [1.82, 2.24) is 10.2 Å². The van der Waals surface area contributed by atoms with Crippen LogP contribution >= 0.6 is 11.6 Å². The summed E-state index contributed by atoms with van der Waals surface area (Å²) in [5.74, 6) is 0.0140. The summed E-state index contributed by atoms with van der Waals surface area (Å²) in [6.45, 7) is 4.94. The summed E-state index contributed by atoms with van der Waals surface area (Å²) in [5.41, 5.74) is 2.60. The number of hydrogen-bond donors (Lipinski definition) is 1. The topological polar surface area (TPSA) is 49.4 Å². The van der Waals surface area contributed by atoms with Crippen LogP contribution in [0.1, 0.15) is 36.6 Å². The predicted octanol–water partition coefficient (Wildman–Crippen LogP) is 5.42. The number of rotatable bonds is 9. The quantitative estimate of drug-likeness (QED) is 0.474. The van der Waals surface area contributed by atoms with Crippen molar-refractivity contribution in [2.75, 3.05) is 6.54 Å². The van der Waals surface area contributed by atoms with Gasteiger partial charge in [0, 0.05) is 18.1 Å². The summed E-state index contributed by atoms with van der Waals surface area (Å²) in [4.78, 5) is 28.6. The van der Waals surface area contributed by atoms with Crippen LogP contribution in [-0.4, -0.2) is 23.3 Å². The van der Waals surface area contributed by atoms with Gasteiger partial charge in [-0.3, -0.25) is 9.59 Å². The Morgan fingerprint density at radius 3 is 2.03 bits per heavy atom. The zero-order valence-corrected chi connectivity index (χ0v) is 19.3. The van der Waals surface area contributed by atoms with E-state index in [1.165, 1.54) is 0 Å². The van der Waals surface area contributed by atoms with E-state index in [0.717, 1.165) is 16.7 Å². The third-order valence-electron chi connectivity index (χ3n) is 5.14. The van der Waals surface area contributed by atoms with Crippen molar-refractivity contribution in [2.24, 2.45) is 5.92 Å². The lowest BCUT2D eigenvalue weighted by Crippen LogP contribution is -2.44. The maximum absolute atomic E-state index is 13.6. The molecule has 3 aromatic rings. The van der Waals surface area contributed by atoms with E-state index < -0.39 is 6.04 Å². The van der Waals surface area contributed by atoms with Crippen LogP contribution in [0.15, 0.2) is 84.9 Å². The van der Waals surface area contributed by atoms with Gasteiger partial charge in [-0.1, -0.05) is 98.2 Å². The van der Waals surface area contributed by atoms with Crippen LogP contribution in [0.25, 0.3) is 0 Å². The minimum atomic E-state index is -0.734. The zero-order valence-electron chi connectivity index (χ0n) is 18.5. The molecule has 5 heteroatoms. The molecule has 0 saturated carbocycles.